The van der Waals surface area contributed by atoms with Crippen molar-refractivity contribution in [3.8, 4) is 5.75 Å². The number of hydrogen-bond acceptors (Lipinski definition) is 2. The number of fused-ring (bicyclic) bond motifs is 2. The van der Waals surface area contributed by atoms with Gasteiger partial charge in [-0.15, -0.1) is 0 Å². The van der Waals surface area contributed by atoms with Crippen LogP contribution in [0.1, 0.15) is 36.6 Å². The topological polar surface area (TPSA) is 37.0 Å². The maximum atomic E-state index is 6.15. The summed E-state index contributed by atoms with van der Waals surface area (Å²) in [4.78, 5) is 3.47. The summed E-state index contributed by atoms with van der Waals surface area (Å²) in [5, 5.41) is 4.95. The molecule has 3 aromatic carbocycles. The van der Waals surface area contributed by atoms with Crippen molar-refractivity contribution in [3.63, 3.8) is 0 Å². The molecule has 0 amide bonds. The predicted molar refractivity (Wildman–Crippen MR) is 123 cm³/mol. The lowest BCUT2D eigenvalue weighted by Crippen LogP contribution is -2.25. The average molecular weight is 447 g/mol. The minimum atomic E-state index is -0.0218. The van der Waals surface area contributed by atoms with Gasteiger partial charge in [0.1, 0.15) is 12.4 Å². The first kappa shape index (κ1) is 18.3. The first-order chi connectivity index (χ1) is 14.0. The number of halogens is 1. The number of aromatic amines is 1. The first-order valence-corrected chi connectivity index (χ1v) is 10.7. The van der Waals surface area contributed by atoms with Crippen LogP contribution < -0.4 is 10.1 Å². The van der Waals surface area contributed by atoms with Crippen LogP contribution in [0.3, 0.4) is 0 Å². The van der Waals surface area contributed by atoms with Gasteiger partial charge in [0.25, 0.3) is 0 Å². The Morgan fingerprint density at radius 3 is 2.66 bits per heavy atom. The van der Waals surface area contributed by atoms with Crippen LogP contribution >= 0.6 is 15.9 Å². The number of H-pyrrole nitrogens is 1. The fourth-order valence-corrected chi connectivity index (χ4v) is 4.76. The van der Waals surface area contributed by atoms with E-state index in [-0.39, 0.29) is 11.5 Å². The number of rotatable bonds is 4. The standard InChI is InChI=1S/C25H23BrN2O/c1-25(2)20-12-11-17(26)13-21(20)28-24(25)19-14-27-23-18(19)9-6-10-22(23)29-15-16-7-4-3-5-8-16/h3-14,24,27-28H,15H2,1-2H3. The molecular weight excluding hydrogens is 424 g/mol. The zero-order chi connectivity index (χ0) is 20.0. The molecule has 4 aromatic rings. The molecule has 1 aliphatic rings. The Morgan fingerprint density at radius 2 is 1.83 bits per heavy atom. The number of nitrogens with one attached hydrogen (secondary N) is 2. The summed E-state index contributed by atoms with van der Waals surface area (Å²) in [5.74, 6) is 0.883. The second-order valence-corrected chi connectivity index (χ2v) is 9.10. The molecule has 1 unspecified atom stereocenters. The van der Waals surface area contributed by atoms with Crippen molar-refractivity contribution >= 4 is 32.5 Å². The summed E-state index contributed by atoms with van der Waals surface area (Å²) in [5.41, 5.74) is 6.00. The van der Waals surface area contributed by atoms with Crippen LogP contribution in [0.2, 0.25) is 0 Å². The van der Waals surface area contributed by atoms with E-state index in [2.05, 4.69) is 88.7 Å². The number of para-hydroxylation sites is 1. The number of benzene rings is 3. The van der Waals surface area contributed by atoms with Gasteiger partial charge in [-0.3, -0.25) is 0 Å². The predicted octanol–water partition coefficient (Wildman–Crippen LogP) is 6.95. The lowest BCUT2D eigenvalue weighted by atomic mass is 9.78. The number of ether oxygens (including phenoxy) is 1. The third kappa shape index (κ3) is 3.12. The largest absolute Gasteiger partial charge is 0.487 e. The lowest BCUT2D eigenvalue weighted by Gasteiger charge is -2.27. The Bertz CT molecular complexity index is 1180. The molecule has 146 valence electrons. The monoisotopic (exact) mass is 446 g/mol. The molecule has 0 aliphatic carbocycles. The van der Waals surface area contributed by atoms with Crippen molar-refractivity contribution in [1.82, 2.24) is 4.98 Å². The van der Waals surface area contributed by atoms with Crippen molar-refractivity contribution in [2.45, 2.75) is 31.9 Å². The van der Waals surface area contributed by atoms with Gasteiger partial charge >= 0.3 is 0 Å². The highest BCUT2D eigenvalue weighted by molar-refractivity contribution is 9.10. The third-order valence-electron chi connectivity index (χ3n) is 5.95. The van der Waals surface area contributed by atoms with Crippen LogP contribution in [0.4, 0.5) is 5.69 Å². The molecule has 4 heteroatoms. The summed E-state index contributed by atoms with van der Waals surface area (Å²) in [7, 11) is 0. The smallest absolute Gasteiger partial charge is 0.143 e. The fourth-order valence-electron chi connectivity index (χ4n) is 4.40. The van der Waals surface area contributed by atoms with Crippen molar-refractivity contribution in [2.75, 3.05) is 5.32 Å². The van der Waals surface area contributed by atoms with Gasteiger partial charge in [0.2, 0.25) is 0 Å². The van der Waals surface area contributed by atoms with Crippen LogP contribution in [-0.2, 0) is 12.0 Å². The van der Waals surface area contributed by atoms with Gasteiger partial charge in [0, 0.05) is 32.7 Å². The summed E-state index contributed by atoms with van der Waals surface area (Å²) in [6.45, 7) is 5.17. The Kier molecular flexibility index (Phi) is 4.39. The minimum Gasteiger partial charge on any atom is -0.487 e. The fraction of sp³-hybridized carbons (Fsp3) is 0.200. The van der Waals surface area contributed by atoms with E-state index < -0.39 is 0 Å². The molecular formula is C25H23BrN2O. The second-order valence-electron chi connectivity index (χ2n) is 8.19. The Balaban J connectivity index is 1.49. The van der Waals surface area contributed by atoms with Crippen LogP contribution in [0.25, 0.3) is 10.9 Å². The highest BCUT2D eigenvalue weighted by atomic mass is 79.9. The average Bonchev–Trinajstić information content (AvgIpc) is 3.25. The lowest BCUT2D eigenvalue weighted by molar-refractivity contribution is 0.309. The number of aromatic nitrogens is 1. The maximum Gasteiger partial charge on any atom is 0.143 e. The van der Waals surface area contributed by atoms with E-state index in [0.717, 1.165) is 21.3 Å². The molecule has 0 fully saturated rings. The van der Waals surface area contributed by atoms with Gasteiger partial charge in [0.15, 0.2) is 0 Å². The molecule has 0 saturated carbocycles. The van der Waals surface area contributed by atoms with E-state index >= 15 is 0 Å². The highest BCUT2D eigenvalue weighted by Crippen LogP contribution is 2.50. The van der Waals surface area contributed by atoms with Crippen molar-refractivity contribution < 1.29 is 4.74 Å². The van der Waals surface area contributed by atoms with E-state index in [1.165, 1.54) is 22.2 Å². The molecule has 1 aliphatic heterocycles. The van der Waals surface area contributed by atoms with Gasteiger partial charge in [-0.2, -0.15) is 0 Å². The summed E-state index contributed by atoms with van der Waals surface area (Å²) in [6, 6.07) is 23.2. The van der Waals surface area contributed by atoms with E-state index in [1.807, 2.05) is 24.3 Å². The van der Waals surface area contributed by atoms with E-state index in [4.69, 9.17) is 4.74 Å². The molecule has 0 spiro atoms. The zero-order valence-corrected chi connectivity index (χ0v) is 18.1. The van der Waals surface area contributed by atoms with Crippen molar-refractivity contribution in [1.29, 1.82) is 0 Å². The number of anilines is 1. The van der Waals surface area contributed by atoms with Crippen molar-refractivity contribution in [2.24, 2.45) is 0 Å². The van der Waals surface area contributed by atoms with Crippen LogP contribution in [0, 0.1) is 0 Å². The molecule has 0 saturated heterocycles. The van der Waals surface area contributed by atoms with Gasteiger partial charge in [0.05, 0.1) is 11.6 Å². The van der Waals surface area contributed by atoms with Gasteiger partial charge in [-0.25, -0.2) is 0 Å². The molecule has 1 atom stereocenters. The molecule has 1 aromatic heterocycles. The van der Waals surface area contributed by atoms with E-state index in [1.54, 1.807) is 0 Å². The van der Waals surface area contributed by atoms with Gasteiger partial charge in [-0.1, -0.05) is 78.3 Å². The Morgan fingerprint density at radius 1 is 1.00 bits per heavy atom. The SMILES string of the molecule is CC1(C)c2ccc(Br)cc2NC1c1c[nH]c2c(OCc3ccccc3)cccc12. The molecule has 0 bridgehead atoms. The maximum absolute atomic E-state index is 6.15. The Hall–Kier alpha value is -2.72. The Labute approximate surface area is 179 Å². The normalized spacial score (nSPS) is 17.1. The highest BCUT2D eigenvalue weighted by Gasteiger charge is 2.41. The molecule has 3 nitrogen and oxygen atoms in total. The summed E-state index contributed by atoms with van der Waals surface area (Å²) < 4.78 is 7.25. The molecule has 5 rings (SSSR count). The zero-order valence-electron chi connectivity index (χ0n) is 16.5. The molecule has 2 heterocycles. The van der Waals surface area contributed by atoms with E-state index in [9.17, 15) is 0 Å². The quantitative estimate of drug-likeness (QED) is 0.355. The summed E-state index contributed by atoms with van der Waals surface area (Å²) in [6.07, 6.45) is 2.13. The molecule has 29 heavy (non-hydrogen) atoms. The first-order valence-electron chi connectivity index (χ1n) is 9.87. The van der Waals surface area contributed by atoms with Gasteiger partial charge in [-0.05, 0) is 29.3 Å². The van der Waals surface area contributed by atoms with Crippen molar-refractivity contribution in [3.05, 3.63) is 94.1 Å². The second kappa shape index (κ2) is 6.96. The number of hydrogen-bond donors (Lipinski definition) is 2. The van der Waals surface area contributed by atoms with E-state index in [0.29, 0.717) is 6.61 Å². The molecule has 0 radical (unpaired) electrons. The molecule has 2 N–H and O–H groups in total. The summed E-state index contributed by atoms with van der Waals surface area (Å²) >= 11 is 3.59. The van der Waals surface area contributed by atoms with Crippen LogP contribution in [-0.4, -0.2) is 4.98 Å². The third-order valence-corrected chi connectivity index (χ3v) is 6.45. The van der Waals surface area contributed by atoms with Crippen LogP contribution in [0.15, 0.2) is 77.4 Å². The minimum absolute atomic E-state index is 0.0218. The van der Waals surface area contributed by atoms with Gasteiger partial charge < -0.3 is 15.0 Å². The van der Waals surface area contributed by atoms with Crippen LogP contribution in [0.5, 0.6) is 5.75 Å².